The predicted molar refractivity (Wildman–Crippen MR) is 112 cm³/mol. The van der Waals surface area contributed by atoms with Crippen LogP contribution < -0.4 is 15.8 Å². The molecule has 1 aliphatic carbocycles. The van der Waals surface area contributed by atoms with E-state index < -0.39 is 16.1 Å². The number of nitrogens with one attached hydrogen (secondary N) is 2. The summed E-state index contributed by atoms with van der Waals surface area (Å²) in [4.78, 5) is 25.2. The summed E-state index contributed by atoms with van der Waals surface area (Å²) in [5.74, 6) is 0.581. The fourth-order valence-electron chi connectivity index (χ4n) is 3.27. The zero-order valence-corrected chi connectivity index (χ0v) is 17.2. The molecule has 1 aromatic carbocycles. The van der Waals surface area contributed by atoms with E-state index in [1.54, 1.807) is 42.7 Å². The largest absolute Gasteiger partial charge is 0.352 e. The highest BCUT2D eigenvalue weighted by molar-refractivity contribution is 7.89. The van der Waals surface area contributed by atoms with Gasteiger partial charge in [0.25, 0.3) is 10.0 Å². The molecule has 2 heterocycles. The van der Waals surface area contributed by atoms with E-state index in [0.29, 0.717) is 24.5 Å². The van der Waals surface area contributed by atoms with E-state index in [1.807, 2.05) is 6.08 Å². The average molecular weight is 440 g/mol. The van der Waals surface area contributed by atoms with Crippen LogP contribution in [0.15, 0.2) is 82.9 Å². The van der Waals surface area contributed by atoms with Gasteiger partial charge in [0.15, 0.2) is 5.76 Å². The van der Waals surface area contributed by atoms with Crippen molar-refractivity contribution in [1.82, 2.24) is 15.0 Å². The van der Waals surface area contributed by atoms with Crippen molar-refractivity contribution >= 4 is 16.1 Å². The summed E-state index contributed by atoms with van der Waals surface area (Å²) in [6, 6.07) is 7.64. The topological polar surface area (TPSA) is 133 Å². The molecule has 10 heteroatoms. The number of amides is 2. The van der Waals surface area contributed by atoms with Crippen LogP contribution in [0.5, 0.6) is 0 Å². The molecule has 0 spiro atoms. The van der Waals surface area contributed by atoms with Gasteiger partial charge in [-0.25, -0.2) is 13.2 Å². The number of carbonyl (C=O) groups excluding carboxylic acids is 1. The summed E-state index contributed by atoms with van der Waals surface area (Å²) in [5, 5.41) is 2.53. The second-order valence-electron chi connectivity index (χ2n) is 6.88. The number of nitrogens with two attached hydrogens (primary N) is 1. The molecule has 0 bridgehead atoms. The summed E-state index contributed by atoms with van der Waals surface area (Å²) in [5.41, 5.74) is 8.92. The highest BCUT2D eigenvalue weighted by atomic mass is 32.2. The molecule has 31 heavy (non-hydrogen) atoms. The second kappa shape index (κ2) is 8.62. The third-order valence-corrected chi connectivity index (χ3v) is 6.20. The van der Waals surface area contributed by atoms with E-state index in [1.165, 1.54) is 12.1 Å². The lowest BCUT2D eigenvalue weighted by Crippen LogP contribution is -2.28. The molecule has 2 amide bonds. The van der Waals surface area contributed by atoms with E-state index in [-0.39, 0.29) is 11.4 Å². The van der Waals surface area contributed by atoms with Crippen molar-refractivity contribution in [3.05, 3.63) is 83.5 Å². The van der Waals surface area contributed by atoms with Crippen LogP contribution in [0.1, 0.15) is 12.0 Å². The van der Waals surface area contributed by atoms with Crippen LogP contribution in [0.3, 0.4) is 0 Å². The van der Waals surface area contributed by atoms with Gasteiger partial charge in [-0.05, 0) is 53.1 Å². The number of rotatable bonds is 6. The van der Waals surface area contributed by atoms with Gasteiger partial charge < -0.3 is 15.9 Å². The Morgan fingerprint density at radius 3 is 2.74 bits per heavy atom. The van der Waals surface area contributed by atoms with Crippen LogP contribution >= 0.6 is 0 Å². The quantitative estimate of drug-likeness (QED) is 0.590. The number of hydrogen-bond donors (Lipinski definition) is 3. The third kappa shape index (κ3) is 4.76. The highest BCUT2D eigenvalue weighted by Crippen LogP contribution is 2.28. The standard InChI is InChI=1S/C21H20N4O5S/c22-21(26)24-13-16-12-23-9-7-19(16)14-1-4-18(5-2-14)31(27,28)25-17-3-6-20-15(11-17)8-10-29-30-20/h1-9,12,25H,10-11,13H2,(H3,22,24,26). The summed E-state index contributed by atoms with van der Waals surface area (Å²) < 4.78 is 28.3. The zero-order chi connectivity index (χ0) is 21.8. The number of urea groups is 1. The Labute approximate surface area is 179 Å². The van der Waals surface area contributed by atoms with Crippen LogP contribution in [0.4, 0.5) is 4.79 Å². The van der Waals surface area contributed by atoms with Crippen LogP contribution in [0.2, 0.25) is 0 Å². The number of allylic oxidation sites excluding steroid dienone is 4. The molecular weight excluding hydrogens is 420 g/mol. The van der Waals surface area contributed by atoms with Crippen molar-refractivity contribution in [1.29, 1.82) is 0 Å². The van der Waals surface area contributed by atoms with Gasteiger partial charge in [-0.2, -0.15) is 4.89 Å². The van der Waals surface area contributed by atoms with Crippen molar-refractivity contribution in [2.45, 2.75) is 17.9 Å². The van der Waals surface area contributed by atoms with Gasteiger partial charge in [-0.1, -0.05) is 12.1 Å². The van der Waals surface area contributed by atoms with E-state index in [0.717, 1.165) is 22.3 Å². The van der Waals surface area contributed by atoms with Crippen molar-refractivity contribution in [3.63, 3.8) is 0 Å². The number of hydrogen-bond acceptors (Lipinski definition) is 6. The minimum atomic E-state index is -3.76. The maximum absolute atomic E-state index is 12.8. The summed E-state index contributed by atoms with van der Waals surface area (Å²) in [7, 11) is -3.76. The van der Waals surface area contributed by atoms with E-state index in [4.69, 9.17) is 15.5 Å². The molecule has 2 aromatic rings. The molecule has 4 N–H and O–H groups in total. The van der Waals surface area contributed by atoms with Gasteiger partial charge in [0.1, 0.15) is 6.61 Å². The Balaban J connectivity index is 1.53. The zero-order valence-electron chi connectivity index (χ0n) is 16.4. The lowest BCUT2D eigenvalue weighted by molar-refractivity contribution is -0.255. The minimum Gasteiger partial charge on any atom is -0.352 e. The lowest BCUT2D eigenvalue weighted by Gasteiger charge is -2.21. The fraction of sp³-hybridized carbons (Fsp3) is 0.143. The smallest absolute Gasteiger partial charge is 0.312 e. The number of nitrogens with zero attached hydrogens (tertiary/aromatic N) is 1. The van der Waals surface area contributed by atoms with Crippen LogP contribution in [0, 0.1) is 0 Å². The number of pyridine rings is 1. The highest BCUT2D eigenvalue weighted by Gasteiger charge is 2.22. The summed E-state index contributed by atoms with van der Waals surface area (Å²) in [6.07, 6.45) is 8.83. The van der Waals surface area contributed by atoms with Gasteiger partial charge in [0.05, 0.1) is 4.90 Å². The Kier molecular flexibility index (Phi) is 5.74. The summed E-state index contributed by atoms with van der Waals surface area (Å²) in [6.45, 7) is 0.536. The Bertz CT molecular complexity index is 1200. The number of benzene rings is 1. The molecule has 4 rings (SSSR count). The normalized spacial score (nSPS) is 15.5. The number of primary amides is 1. The van der Waals surface area contributed by atoms with Gasteiger partial charge in [-0.3, -0.25) is 9.71 Å². The van der Waals surface area contributed by atoms with Gasteiger partial charge in [-0.15, -0.1) is 0 Å². The molecule has 2 aliphatic rings. The Hall–Kier alpha value is -3.63. The van der Waals surface area contributed by atoms with Gasteiger partial charge in [0, 0.05) is 36.6 Å². The van der Waals surface area contributed by atoms with Crippen LogP contribution in [-0.2, 0) is 26.3 Å². The second-order valence-corrected chi connectivity index (χ2v) is 8.56. The monoisotopic (exact) mass is 440 g/mol. The summed E-state index contributed by atoms with van der Waals surface area (Å²) >= 11 is 0. The van der Waals surface area contributed by atoms with E-state index in [2.05, 4.69) is 15.0 Å². The van der Waals surface area contributed by atoms with E-state index >= 15 is 0 Å². The fourth-order valence-corrected chi connectivity index (χ4v) is 4.37. The lowest BCUT2D eigenvalue weighted by atomic mass is 10.0. The molecule has 0 saturated carbocycles. The first-order valence-electron chi connectivity index (χ1n) is 9.41. The van der Waals surface area contributed by atoms with Crippen molar-refractivity contribution in [2.24, 2.45) is 5.73 Å². The molecule has 0 atom stereocenters. The molecular formula is C21H20N4O5S. The maximum Gasteiger partial charge on any atom is 0.312 e. The number of carbonyl (C=O) groups is 1. The molecule has 1 aliphatic heterocycles. The number of sulfonamides is 1. The Morgan fingerprint density at radius 1 is 1.16 bits per heavy atom. The third-order valence-electron chi connectivity index (χ3n) is 4.78. The molecule has 160 valence electrons. The number of aromatic nitrogens is 1. The van der Waals surface area contributed by atoms with Gasteiger partial charge in [0.2, 0.25) is 0 Å². The molecule has 0 radical (unpaired) electrons. The first-order valence-corrected chi connectivity index (χ1v) is 10.9. The van der Waals surface area contributed by atoms with Crippen LogP contribution in [-0.4, -0.2) is 26.0 Å². The maximum atomic E-state index is 12.8. The van der Waals surface area contributed by atoms with Crippen molar-refractivity contribution < 1.29 is 23.0 Å². The van der Waals surface area contributed by atoms with E-state index in [9.17, 15) is 13.2 Å². The SMILES string of the molecule is NC(=O)NCc1cnccc1-c1ccc(S(=O)(=O)NC2=CC=C3OOCC=C3C2)cc1. The van der Waals surface area contributed by atoms with Gasteiger partial charge >= 0.3 is 6.03 Å². The molecule has 9 nitrogen and oxygen atoms in total. The first-order chi connectivity index (χ1) is 14.9. The Morgan fingerprint density at radius 2 is 1.97 bits per heavy atom. The average Bonchev–Trinajstić information content (AvgIpc) is 2.77. The molecule has 1 aromatic heterocycles. The molecule has 0 fully saturated rings. The van der Waals surface area contributed by atoms with Crippen LogP contribution in [0.25, 0.3) is 11.1 Å². The predicted octanol–water partition coefficient (Wildman–Crippen LogP) is 2.25. The first kappa shape index (κ1) is 20.6. The molecule has 0 saturated heterocycles. The minimum absolute atomic E-state index is 0.134. The number of fused-ring (bicyclic) bond motifs is 1. The van der Waals surface area contributed by atoms with Crippen molar-refractivity contribution in [2.75, 3.05) is 6.61 Å². The van der Waals surface area contributed by atoms with Crippen molar-refractivity contribution in [3.8, 4) is 11.1 Å². The molecule has 0 unspecified atom stereocenters.